The Hall–Kier alpha value is -1.86. The molecule has 0 atom stereocenters. The van der Waals surface area contributed by atoms with Crippen LogP contribution in [-0.2, 0) is 11.3 Å². The highest BCUT2D eigenvalue weighted by Crippen LogP contribution is 2.37. The zero-order valence-corrected chi connectivity index (χ0v) is 12.5. The van der Waals surface area contributed by atoms with Gasteiger partial charge in [0.25, 0.3) is 0 Å². The van der Waals surface area contributed by atoms with Crippen molar-refractivity contribution in [1.29, 1.82) is 0 Å². The first kappa shape index (κ1) is 14.5. The maximum Gasteiger partial charge on any atom is 0.195 e. The van der Waals surface area contributed by atoms with Crippen LogP contribution in [0, 0.1) is 4.77 Å². The number of rotatable bonds is 6. The molecule has 108 valence electrons. The predicted molar refractivity (Wildman–Crippen MR) is 77.8 cm³/mol. The molecule has 2 aromatic rings. The molecular formula is C13H17N3O3S. The van der Waals surface area contributed by atoms with Crippen LogP contribution in [0.5, 0.6) is 11.5 Å². The molecule has 6 nitrogen and oxygen atoms in total. The number of hydrogen-bond donors (Lipinski definition) is 1. The predicted octanol–water partition coefficient (Wildman–Crippen LogP) is 2.27. The number of nitrogens with zero attached hydrogens (tertiary/aromatic N) is 2. The summed E-state index contributed by atoms with van der Waals surface area (Å²) in [6.45, 7) is 1.14. The van der Waals surface area contributed by atoms with Crippen LogP contribution >= 0.6 is 12.2 Å². The Morgan fingerprint density at radius 1 is 1.20 bits per heavy atom. The normalized spacial score (nSPS) is 10.6. The molecule has 0 spiro atoms. The van der Waals surface area contributed by atoms with E-state index in [0.29, 0.717) is 35.2 Å². The van der Waals surface area contributed by atoms with Gasteiger partial charge in [-0.2, -0.15) is 5.10 Å². The molecule has 0 aliphatic heterocycles. The zero-order chi connectivity index (χ0) is 14.5. The highest BCUT2D eigenvalue weighted by molar-refractivity contribution is 7.71. The standard InChI is InChI=1S/C13H17N3O3S/c1-17-8-7-16-12(14-15-13(16)20)11-9(18-2)5-4-6-10(11)19-3/h4-6H,7-8H2,1-3H3,(H,15,20). The van der Waals surface area contributed by atoms with E-state index in [1.54, 1.807) is 21.3 Å². The van der Waals surface area contributed by atoms with Crippen LogP contribution in [0.1, 0.15) is 0 Å². The molecule has 0 saturated heterocycles. The average molecular weight is 295 g/mol. The first-order valence-electron chi connectivity index (χ1n) is 6.08. The van der Waals surface area contributed by atoms with E-state index in [4.69, 9.17) is 26.4 Å². The summed E-state index contributed by atoms with van der Waals surface area (Å²) in [4.78, 5) is 0. The van der Waals surface area contributed by atoms with Gasteiger partial charge in [-0.3, -0.25) is 9.67 Å². The lowest BCUT2D eigenvalue weighted by molar-refractivity contribution is 0.187. The number of hydrogen-bond acceptors (Lipinski definition) is 5. The molecule has 2 rings (SSSR count). The molecule has 1 N–H and O–H groups in total. The van der Waals surface area contributed by atoms with Crippen molar-refractivity contribution >= 4 is 12.2 Å². The molecule has 0 unspecified atom stereocenters. The van der Waals surface area contributed by atoms with Crippen LogP contribution in [0.15, 0.2) is 18.2 Å². The Labute approximate surface area is 122 Å². The van der Waals surface area contributed by atoms with Crippen LogP contribution in [0.2, 0.25) is 0 Å². The third kappa shape index (κ3) is 2.68. The van der Waals surface area contributed by atoms with Crippen molar-refractivity contribution in [1.82, 2.24) is 14.8 Å². The zero-order valence-electron chi connectivity index (χ0n) is 11.7. The molecule has 0 bridgehead atoms. The second-order valence-electron chi connectivity index (χ2n) is 4.03. The summed E-state index contributed by atoms with van der Waals surface area (Å²) in [5.41, 5.74) is 0.765. The van der Waals surface area contributed by atoms with Gasteiger partial charge in [-0.25, -0.2) is 0 Å². The lowest BCUT2D eigenvalue weighted by Crippen LogP contribution is -2.07. The summed E-state index contributed by atoms with van der Waals surface area (Å²) in [7, 11) is 4.87. The minimum atomic E-state index is 0.532. The first-order chi connectivity index (χ1) is 9.72. The molecule has 1 aromatic heterocycles. The van der Waals surface area contributed by atoms with Crippen LogP contribution in [0.4, 0.5) is 0 Å². The summed E-state index contributed by atoms with van der Waals surface area (Å²) < 4.78 is 18.3. The number of nitrogens with one attached hydrogen (secondary N) is 1. The molecule has 7 heteroatoms. The quantitative estimate of drug-likeness (QED) is 0.828. The second-order valence-corrected chi connectivity index (χ2v) is 4.42. The fourth-order valence-electron chi connectivity index (χ4n) is 1.97. The molecule has 0 fully saturated rings. The SMILES string of the molecule is COCCn1c(-c2c(OC)cccc2OC)n[nH]c1=S. The lowest BCUT2D eigenvalue weighted by atomic mass is 10.1. The molecule has 0 aliphatic rings. The number of methoxy groups -OCH3 is 3. The van der Waals surface area contributed by atoms with Gasteiger partial charge in [0.05, 0.1) is 27.4 Å². The molecule has 20 heavy (non-hydrogen) atoms. The van der Waals surface area contributed by atoms with Gasteiger partial charge in [-0.1, -0.05) is 6.07 Å². The van der Waals surface area contributed by atoms with E-state index >= 15 is 0 Å². The number of benzene rings is 1. The van der Waals surface area contributed by atoms with Crippen LogP contribution < -0.4 is 9.47 Å². The Bertz CT molecular complexity index is 614. The van der Waals surface area contributed by atoms with Crippen molar-refractivity contribution in [2.24, 2.45) is 0 Å². The monoisotopic (exact) mass is 295 g/mol. The summed E-state index contributed by atoms with van der Waals surface area (Å²) >= 11 is 5.25. The average Bonchev–Trinajstić information content (AvgIpc) is 2.84. The summed E-state index contributed by atoms with van der Waals surface area (Å²) in [5, 5.41) is 7.08. The number of aromatic amines is 1. The van der Waals surface area contributed by atoms with E-state index in [-0.39, 0.29) is 0 Å². The highest BCUT2D eigenvalue weighted by Gasteiger charge is 2.18. The Kier molecular flexibility index (Phi) is 4.75. The van der Waals surface area contributed by atoms with Crippen LogP contribution in [0.25, 0.3) is 11.4 Å². The molecule has 0 radical (unpaired) electrons. The van der Waals surface area contributed by atoms with Crippen LogP contribution in [-0.4, -0.2) is 42.7 Å². The fraction of sp³-hybridized carbons (Fsp3) is 0.385. The van der Waals surface area contributed by atoms with Gasteiger partial charge < -0.3 is 14.2 Å². The minimum absolute atomic E-state index is 0.532. The molecular weight excluding hydrogens is 278 g/mol. The summed E-state index contributed by atoms with van der Waals surface area (Å²) in [6, 6.07) is 5.58. The third-order valence-electron chi connectivity index (χ3n) is 2.93. The Morgan fingerprint density at radius 2 is 1.85 bits per heavy atom. The number of H-pyrrole nitrogens is 1. The van der Waals surface area contributed by atoms with Crippen molar-refractivity contribution in [2.75, 3.05) is 27.9 Å². The highest BCUT2D eigenvalue weighted by atomic mass is 32.1. The Balaban J connectivity index is 2.59. The van der Waals surface area contributed by atoms with Gasteiger partial charge in [0.2, 0.25) is 0 Å². The van der Waals surface area contributed by atoms with E-state index in [2.05, 4.69) is 10.2 Å². The Morgan fingerprint density at radius 3 is 2.40 bits per heavy atom. The van der Waals surface area contributed by atoms with Crippen molar-refractivity contribution in [3.8, 4) is 22.9 Å². The molecule has 0 aliphatic carbocycles. The largest absolute Gasteiger partial charge is 0.496 e. The van der Waals surface area contributed by atoms with Gasteiger partial charge in [-0.15, -0.1) is 0 Å². The van der Waals surface area contributed by atoms with E-state index in [0.717, 1.165) is 5.56 Å². The molecule has 0 saturated carbocycles. The number of ether oxygens (including phenoxy) is 3. The fourth-order valence-corrected chi connectivity index (χ4v) is 2.19. The molecule has 1 aromatic carbocycles. The second kappa shape index (κ2) is 6.53. The van der Waals surface area contributed by atoms with E-state index in [1.165, 1.54) is 0 Å². The van der Waals surface area contributed by atoms with Crippen LogP contribution in [0.3, 0.4) is 0 Å². The smallest absolute Gasteiger partial charge is 0.195 e. The van der Waals surface area contributed by atoms with E-state index in [9.17, 15) is 0 Å². The number of aromatic nitrogens is 3. The van der Waals surface area contributed by atoms with Gasteiger partial charge in [0, 0.05) is 7.11 Å². The van der Waals surface area contributed by atoms with Crippen molar-refractivity contribution in [2.45, 2.75) is 6.54 Å². The summed E-state index contributed by atoms with van der Waals surface area (Å²) in [6.07, 6.45) is 0. The summed E-state index contributed by atoms with van der Waals surface area (Å²) in [5.74, 6) is 2.02. The van der Waals surface area contributed by atoms with Gasteiger partial charge >= 0.3 is 0 Å². The maximum atomic E-state index is 5.40. The van der Waals surface area contributed by atoms with Crippen molar-refractivity contribution < 1.29 is 14.2 Å². The van der Waals surface area contributed by atoms with Gasteiger partial charge in [-0.05, 0) is 24.4 Å². The van der Waals surface area contributed by atoms with E-state index in [1.807, 2.05) is 22.8 Å². The minimum Gasteiger partial charge on any atom is -0.496 e. The topological polar surface area (TPSA) is 61.3 Å². The van der Waals surface area contributed by atoms with Crippen molar-refractivity contribution in [3.05, 3.63) is 23.0 Å². The molecule has 0 amide bonds. The lowest BCUT2D eigenvalue weighted by Gasteiger charge is -2.13. The van der Waals surface area contributed by atoms with Gasteiger partial charge in [0.1, 0.15) is 17.1 Å². The van der Waals surface area contributed by atoms with Gasteiger partial charge in [0.15, 0.2) is 10.6 Å². The third-order valence-corrected chi connectivity index (χ3v) is 3.24. The first-order valence-corrected chi connectivity index (χ1v) is 6.49. The molecule has 1 heterocycles. The van der Waals surface area contributed by atoms with Crippen molar-refractivity contribution in [3.63, 3.8) is 0 Å². The maximum absolute atomic E-state index is 5.40. The van der Waals surface area contributed by atoms with E-state index < -0.39 is 0 Å².